The molecule has 100 valence electrons. The average molecular weight is 304 g/mol. The van der Waals surface area contributed by atoms with E-state index in [1.165, 1.54) is 6.42 Å². The summed E-state index contributed by atoms with van der Waals surface area (Å²) in [6.07, 6.45) is 3.93. The molecule has 17 heavy (non-hydrogen) atoms. The van der Waals surface area contributed by atoms with E-state index >= 15 is 0 Å². The van der Waals surface area contributed by atoms with Crippen molar-refractivity contribution in [1.82, 2.24) is 0 Å². The number of ether oxygens (including phenoxy) is 1. The number of alkyl halides is 3. The Bertz CT molecular complexity index is 272. The number of carbonyl (C=O) groups is 1. The second kappa shape index (κ2) is 5.85. The zero-order valence-electron chi connectivity index (χ0n) is 9.72. The van der Waals surface area contributed by atoms with E-state index in [4.69, 9.17) is 44.6 Å². The van der Waals surface area contributed by atoms with E-state index in [1.54, 1.807) is 6.92 Å². The lowest BCUT2D eigenvalue weighted by molar-refractivity contribution is -0.0590. The molecule has 0 spiro atoms. The second-order valence-electron chi connectivity index (χ2n) is 4.81. The Morgan fingerprint density at radius 2 is 1.82 bits per heavy atom. The van der Waals surface area contributed by atoms with Crippen LogP contribution in [0.5, 0.6) is 0 Å². The molecule has 1 rings (SSSR count). The van der Waals surface area contributed by atoms with Gasteiger partial charge in [0.1, 0.15) is 5.60 Å². The Morgan fingerprint density at radius 1 is 1.29 bits per heavy atom. The van der Waals surface area contributed by atoms with Gasteiger partial charge in [-0.25, -0.2) is 4.79 Å². The lowest BCUT2D eigenvalue weighted by Gasteiger charge is -2.40. The first-order valence-corrected chi connectivity index (χ1v) is 6.85. The quantitative estimate of drug-likeness (QED) is 0.603. The first-order valence-electron chi connectivity index (χ1n) is 5.72. The van der Waals surface area contributed by atoms with Crippen LogP contribution in [0.4, 0.5) is 4.79 Å². The van der Waals surface area contributed by atoms with Gasteiger partial charge in [0.2, 0.25) is 0 Å². The summed E-state index contributed by atoms with van der Waals surface area (Å²) in [6, 6.07) is 0. The van der Waals surface area contributed by atoms with Gasteiger partial charge in [-0.1, -0.05) is 54.1 Å². The van der Waals surface area contributed by atoms with E-state index in [1.807, 2.05) is 0 Å². The zero-order valence-corrected chi connectivity index (χ0v) is 12.0. The van der Waals surface area contributed by atoms with Crippen LogP contribution in [-0.2, 0) is 4.74 Å². The summed E-state index contributed by atoms with van der Waals surface area (Å²) in [7, 11) is 0. The van der Waals surface area contributed by atoms with Crippen LogP contribution >= 0.6 is 34.8 Å². The summed E-state index contributed by atoms with van der Waals surface area (Å²) in [5.74, 6) is 0.128. The standard InChI is InChI=1S/C11H17Cl3O3/c1-10(17-9(15)16,7-11(12,13)14)8-5-3-2-4-6-8/h8H,2-7H2,1H3,(H,15,16). The lowest BCUT2D eigenvalue weighted by atomic mass is 9.76. The summed E-state index contributed by atoms with van der Waals surface area (Å²) < 4.78 is 3.52. The molecule has 1 saturated carbocycles. The van der Waals surface area contributed by atoms with E-state index < -0.39 is 15.5 Å². The summed E-state index contributed by atoms with van der Waals surface area (Å²) in [5, 5.41) is 8.83. The van der Waals surface area contributed by atoms with E-state index in [0.717, 1.165) is 25.7 Å². The topological polar surface area (TPSA) is 46.5 Å². The van der Waals surface area contributed by atoms with Gasteiger partial charge in [0, 0.05) is 6.42 Å². The third kappa shape index (κ3) is 5.11. The monoisotopic (exact) mass is 302 g/mol. The molecule has 0 bridgehead atoms. The Kier molecular flexibility index (Phi) is 5.23. The van der Waals surface area contributed by atoms with Crippen molar-refractivity contribution in [2.45, 2.75) is 54.8 Å². The molecule has 0 saturated heterocycles. The fourth-order valence-corrected chi connectivity index (χ4v) is 3.37. The minimum absolute atomic E-state index is 0.0850. The van der Waals surface area contributed by atoms with Gasteiger partial charge < -0.3 is 9.84 Å². The Hall–Kier alpha value is 0.140. The molecule has 0 aliphatic heterocycles. The molecule has 0 amide bonds. The lowest BCUT2D eigenvalue weighted by Crippen LogP contribution is -2.43. The van der Waals surface area contributed by atoms with Gasteiger partial charge >= 0.3 is 6.16 Å². The van der Waals surface area contributed by atoms with Crippen LogP contribution in [0, 0.1) is 5.92 Å². The van der Waals surface area contributed by atoms with Crippen molar-refractivity contribution < 1.29 is 14.6 Å². The molecule has 0 radical (unpaired) electrons. The normalized spacial score (nSPS) is 21.9. The molecule has 1 aliphatic carbocycles. The number of halogens is 3. The number of carboxylic acid groups (broad SMARTS) is 1. The third-order valence-electron chi connectivity index (χ3n) is 3.34. The Balaban J connectivity index is 2.79. The van der Waals surface area contributed by atoms with Crippen molar-refractivity contribution in [3.8, 4) is 0 Å². The minimum Gasteiger partial charge on any atom is -0.450 e. The Labute approximate surface area is 116 Å². The maximum absolute atomic E-state index is 10.8. The fourth-order valence-electron chi connectivity index (χ4n) is 2.57. The predicted octanol–water partition coefficient (Wildman–Crippen LogP) is 4.78. The molecule has 1 N–H and O–H groups in total. The number of rotatable bonds is 3. The summed E-state index contributed by atoms with van der Waals surface area (Å²) in [4.78, 5) is 10.8. The van der Waals surface area contributed by atoms with Gasteiger partial charge in [-0.3, -0.25) is 0 Å². The van der Waals surface area contributed by atoms with Gasteiger partial charge in [-0.15, -0.1) is 0 Å². The predicted molar refractivity (Wildman–Crippen MR) is 69.0 cm³/mol. The van der Waals surface area contributed by atoms with E-state index in [2.05, 4.69) is 0 Å². The van der Waals surface area contributed by atoms with Crippen molar-refractivity contribution in [2.75, 3.05) is 0 Å². The SMILES string of the molecule is CC(CC(Cl)(Cl)Cl)(OC(=O)O)C1CCCCC1. The maximum atomic E-state index is 10.8. The average Bonchev–Trinajstić information content (AvgIpc) is 2.14. The molecule has 1 aliphatic rings. The summed E-state index contributed by atoms with van der Waals surface area (Å²) >= 11 is 17.3. The Morgan fingerprint density at radius 3 is 2.24 bits per heavy atom. The van der Waals surface area contributed by atoms with E-state index in [-0.39, 0.29) is 12.3 Å². The van der Waals surface area contributed by atoms with E-state index in [9.17, 15) is 4.79 Å². The molecule has 0 aromatic rings. The van der Waals surface area contributed by atoms with Crippen LogP contribution in [-0.4, -0.2) is 20.7 Å². The fraction of sp³-hybridized carbons (Fsp3) is 0.909. The molecule has 0 aromatic carbocycles. The number of hydrogen-bond donors (Lipinski definition) is 1. The smallest absolute Gasteiger partial charge is 0.450 e. The first kappa shape index (κ1) is 15.2. The highest BCUT2D eigenvalue weighted by atomic mass is 35.6. The molecular weight excluding hydrogens is 286 g/mol. The second-order valence-corrected chi connectivity index (χ2v) is 7.32. The van der Waals surface area contributed by atoms with Gasteiger partial charge in [0.05, 0.1) is 0 Å². The molecule has 0 heterocycles. The van der Waals surface area contributed by atoms with Crippen molar-refractivity contribution in [3.05, 3.63) is 0 Å². The van der Waals surface area contributed by atoms with Gasteiger partial charge in [0.15, 0.2) is 3.79 Å². The van der Waals surface area contributed by atoms with Crippen molar-refractivity contribution in [3.63, 3.8) is 0 Å². The van der Waals surface area contributed by atoms with E-state index in [0.29, 0.717) is 0 Å². The molecule has 3 nitrogen and oxygen atoms in total. The van der Waals surface area contributed by atoms with Crippen LogP contribution in [0.25, 0.3) is 0 Å². The molecular formula is C11H17Cl3O3. The van der Waals surface area contributed by atoms with Crippen LogP contribution < -0.4 is 0 Å². The molecule has 1 atom stereocenters. The molecule has 0 aromatic heterocycles. The highest BCUT2D eigenvalue weighted by Gasteiger charge is 2.44. The van der Waals surface area contributed by atoms with Crippen molar-refractivity contribution >= 4 is 41.0 Å². The van der Waals surface area contributed by atoms with Crippen LogP contribution in [0.2, 0.25) is 0 Å². The highest BCUT2D eigenvalue weighted by Crippen LogP contribution is 2.44. The van der Waals surface area contributed by atoms with Gasteiger partial charge in [-0.05, 0) is 25.7 Å². The van der Waals surface area contributed by atoms with Crippen molar-refractivity contribution in [2.24, 2.45) is 5.92 Å². The molecule has 1 fully saturated rings. The van der Waals surface area contributed by atoms with Crippen LogP contribution in [0.1, 0.15) is 45.4 Å². The maximum Gasteiger partial charge on any atom is 0.506 e. The molecule has 1 unspecified atom stereocenters. The summed E-state index contributed by atoms with van der Waals surface area (Å²) in [5.41, 5.74) is -0.919. The third-order valence-corrected chi connectivity index (χ3v) is 3.74. The van der Waals surface area contributed by atoms with Crippen molar-refractivity contribution in [1.29, 1.82) is 0 Å². The van der Waals surface area contributed by atoms with Crippen LogP contribution in [0.3, 0.4) is 0 Å². The minimum atomic E-state index is -1.50. The van der Waals surface area contributed by atoms with Crippen LogP contribution in [0.15, 0.2) is 0 Å². The molecule has 6 heteroatoms. The van der Waals surface area contributed by atoms with Gasteiger partial charge in [0.25, 0.3) is 0 Å². The largest absolute Gasteiger partial charge is 0.506 e. The highest BCUT2D eigenvalue weighted by molar-refractivity contribution is 6.67. The number of hydrogen-bond acceptors (Lipinski definition) is 2. The van der Waals surface area contributed by atoms with Gasteiger partial charge in [-0.2, -0.15) is 0 Å². The summed E-state index contributed by atoms with van der Waals surface area (Å²) in [6.45, 7) is 1.72. The zero-order chi connectivity index (χ0) is 13.1. The first-order chi connectivity index (χ1) is 7.73.